The molecule has 1 unspecified atom stereocenters. The molecule has 20 heavy (non-hydrogen) atoms. The van der Waals surface area contributed by atoms with Gasteiger partial charge in [-0.25, -0.2) is 0 Å². The van der Waals surface area contributed by atoms with Crippen LogP contribution < -0.4 is 19.9 Å². The van der Waals surface area contributed by atoms with E-state index in [1.54, 1.807) is 42.5 Å². The molecular formula is C15H15NO4. The second-order valence-electron chi connectivity index (χ2n) is 4.51. The minimum atomic E-state index is -0.707. The maximum atomic E-state index is 10.0. The van der Waals surface area contributed by atoms with Gasteiger partial charge in [-0.05, 0) is 29.8 Å². The quantitative estimate of drug-likeness (QED) is 0.835. The Morgan fingerprint density at radius 3 is 2.65 bits per heavy atom. The largest absolute Gasteiger partial charge is 0.490 e. The van der Waals surface area contributed by atoms with Gasteiger partial charge >= 0.3 is 0 Å². The van der Waals surface area contributed by atoms with Gasteiger partial charge in [-0.15, -0.1) is 0 Å². The summed E-state index contributed by atoms with van der Waals surface area (Å²) < 4.78 is 16.0. The van der Waals surface area contributed by atoms with Crippen molar-refractivity contribution < 1.29 is 19.3 Å². The first-order chi connectivity index (χ1) is 9.72. The molecule has 3 N–H and O–H groups in total. The monoisotopic (exact) mass is 273 g/mol. The molecule has 0 saturated heterocycles. The summed E-state index contributed by atoms with van der Waals surface area (Å²) in [5.41, 5.74) is 7.03. The fourth-order valence-corrected chi connectivity index (χ4v) is 1.96. The molecule has 0 radical (unpaired) electrons. The summed E-state index contributed by atoms with van der Waals surface area (Å²) in [7, 11) is 0. The number of aliphatic hydroxyl groups is 1. The molecule has 0 saturated carbocycles. The minimum Gasteiger partial charge on any atom is -0.490 e. The zero-order chi connectivity index (χ0) is 13.9. The van der Waals surface area contributed by atoms with Crippen LogP contribution in [0.25, 0.3) is 0 Å². The zero-order valence-electron chi connectivity index (χ0n) is 10.8. The molecule has 1 heterocycles. The number of nitrogens with two attached hydrogens (primary N) is 1. The second kappa shape index (κ2) is 5.30. The Morgan fingerprint density at radius 1 is 1.10 bits per heavy atom. The third kappa shape index (κ3) is 2.62. The zero-order valence-corrected chi connectivity index (χ0v) is 10.8. The highest BCUT2D eigenvalue weighted by atomic mass is 16.7. The van der Waals surface area contributed by atoms with Crippen molar-refractivity contribution in [3.63, 3.8) is 0 Å². The van der Waals surface area contributed by atoms with Crippen molar-refractivity contribution in [3.05, 3.63) is 48.0 Å². The summed E-state index contributed by atoms with van der Waals surface area (Å²) in [6.45, 7) is 0.385. The molecule has 2 aromatic carbocycles. The normalized spacial score (nSPS) is 14.1. The first kappa shape index (κ1) is 12.6. The minimum absolute atomic E-state index is 0.156. The third-order valence-electron chi connectivity index (χ3n) is 3.07. The van der Waals surface area contributed by atoms with Gasteiger partial charge in [0.05, 0.1) is 0 Å². The van der Waals surface area contributed by atoms with Crippen LogP contribution in [0.4, 0.5) is 5.69 Å². The van der Waals surface area contributed by atoms with Gasteiger partial charge in [0.25, 0.3) is 0 Å². The van der Waals surface area contributed by atoms with E-state index in [1.165, 1.54) is 0 Å². The molecule has 1 atom stereocenters. The molecule has 0 aromatic heterocycles. The van der Waals surface area contributed by atoms with E-state index in [9.17, 15) is 5.11 Å². The molecule has 0 aliphatic carbocycles. The summed E-state index contributed by atoms with van der Waals surface area (Å²) in [4.78, 5) is 0. The van der Waals surface area contributed by atoms with Gasteiger partial charge in [0, 0.05) is 11.8 Å². The van der Waals surface area contributed by atoms with E-state index in [1.807, 2.05) is 0 Å². The molecule has 2 aromatic rings. The van der Waals surface area contributed by atoms with E-state index in [4.69, 9.17) is 19.9 Å². The fraction of sp³-hybridized carbons (Fsp3) is 0.200. The molecule has 5 heteroatoms. The lowest BCUT2D eigenvalue weighted by atomic mass is 10.1. The lowest BCUT2D eigenvalue weighted by Gasteiger charge is -2.13. The van der Waals surface area contributed by atoms with E-state index >= 15 is 0 Å². The van der Waals surface area contributed by atoms with Crippen molar-refractivity contribution >= 4 is 5.69 Å². The van der Waals surface area contributed by atoms with Crippen molar-refractivity contribution in [1.29, 1.82) is 0 Å². The molecule has 0 fully saturated rings. The first-order valence-corrected chi connectivity index (χ1v) is 6.28. The van der Waals surface area contributed by atoms with Crippen molar-refractivity contribution in [1.82, 2.24) is 0 Å². The number of nitrogen functional groups attached to an aromatic ring is 1. The van der Waals surface area contributed by atoms with Crippen LogP contribution in [0.3, 0.4) is 0 Å². The van der Waals surface area contributed by atoms with Gasteiger partial charge in [-0.1, -0.05) is 12.1 Å². The average Bonchev–Trinajstić information content (AvgIpc) is 2.93. The van der Waals surface area contributed by atoms with Crippen molar-refractivity contribution in [2.45, 2.75) is 6.10 Å². The van der Waals surface area contributed by atoms with Crippen molar-refractivity contribution in [2.24, 2.45) is 0 Å². The summed E-state index contributed by atoms with van der Waals surface area (Å²) in [5.74, 6) is 1.99. The van der Waals surface area contributed by atoms with Crippen molar-refractivity contribution in [2.75, 3.05) is 19.1 Å². The maximum absolute atomic E-state index is 10.0. The van der Waals surface area contributed by atoms with Gasteiger partial charge in [-0.2, -0.15) is 0 Å². The molecule has 1 aliphatic rings. The highest BCUT2D eigenvalue weighted by Crippen LogP contribution is 2.35. The van der Waals surface area contributed by atoms with E-state index in [0.717, 1.165) is 5.56 Å². The Kier molecular flexibility index (Phi) is 3.35. The lowest BCUT2D eigenvalue weighted by molar-refractivity contribution is 0.108. The van der Waals surface area contributed by atoms with Gasteiger partial charge in [0.2, 0.25) is 6.79 Å². The predicted octanol–water partition coefficient (Wildman–Crippen LogP) is 2.11. The van der Waals surface area contributed by atoms with Crippen molar-refractivity contribution in [3.8, 4) is 17.2 Å². The van der Waals surface area contributed by atoms with E-state index < -0.39 is 6.10 Å². The fourth-order valence-electron chi connectivity index (χ4n) is 1.96. The molecule has 5 nitrogen and oxygen atoms in total. The predicted molar refractivity (Wildman–Crippen MR) is 73.9 cm³/mol. The van der Waals surface area contributed by atoms with Crippen LogP contribution in [0, 0.1) is 0 Å². The number of ether oxygens (including phenoxy) is 3. The topological polar surface area (TPSA) is 73.9 Å². The number of anilines is 1. The highest BCUT2D eigenvalue weighted by Gasteiger charge is 2.14. The van der Waals surface area contributed by atoms with Gasteiger partial charge in [0.15, 0.2) is 11.5 Å². The maximum Gasteiger partial charge on any atom is 0.231 e. The van der Waals surface area contributed by atoms with Crippen LogP contribution in [0.15, 0.2) is 42.5 Å². The molecule has 0 amide bonds. The molecule has 3 rings (SSSR count). The summed E-state index contributed by atoms with van der Waals surface area (Å²) in [6.07, 6.45) is -0.707. The number of hydrogen-bond acceptors (Lipinski definition) is 5. The number of fused-ring (bicyclic) bond motifs is 1. The summed E-state index contributed by atoms with van der Waals surface area (Å²) >= 11 is 0. The summed E-state index contributed by atoms with van der Waals surface area (Å²) in [6, 6.07) is 12.4. The standard InChI is InChI=1S/C15H15NO4/c16-11-3-1-10(2-4-11)13(17)8-18-12-5-6-14-15(7-12)20-9-19-14/h1-7,13,17H,8-9,16H2. The number of aliphatic hydroxyl groups excluding tert-OH is 1. The highest BCUT2D eigenvalue weighted by molar-refractivity contribution is 5.47. The first-order valence-electron chi connectivity index (χ1n) is 6.28. The van der Waals surface area contributed by atoms with Crippen LogP contribution in [-0.2, 0) is 0 Å². The van der Waals surface area contributed by atoms with E-state index in [2.05, 4.69) is 0 Å². The van der Waals surface area contributed by atoms with Crippen LogP contribution >= 0.6 is 0 Å². The lowest BCUT2D eigenvalue weighted by Crippen LogP contribution is -2.09. The average molecular weight is 273 g/mol. The van der Waals surface area contributed by atoms with Crippen LogP contribution in [0.1, 0.15) is 11.7 Å². The number of benzene rings is 2. The Balaban J connectivity index is 1.63. The summed E-state index contributed by atoms with van der Waals surface area (Å²) in [5, 5.41) is 10.0. The molecular weight excluding hydrogens is 258 g/mol. The molecule has 1 aliphatic heterocycles. The SMILES string of the molecule is Nc1ccc(C(O)COc2ccc3c(c2)OCO3)cc1. The van der Waals surface area contributed by atoms with Gasteiger partial charge in [0.1, 0.15) is 18.5 Å². The van der Waals surface area contributed by atoms with Gasteiger partial charge < -0.3 is 25.1 Å². The number of hydrogen-bond donors (Lipinski definition) is 2. The van der Waals surface area contributed by atoms with E-state index in [-0.39, 0.29) is 13.4 Å². The molecule has 0 spiro atoms. The van der Waals surface area contributed by atoms with Gasteiger partial charge in [-0.3, -0.25) is 0 Å². The smallest absolute Gasteiger partial charge is 0.231 e. The Morgan fingerprint density at radius 2 is 1.85 bits per heavy atom. The number of rotatable bonds is 4. The second-order valence-corrected chi connectivity index (χ2v) is 4.51. The van der Waals surface area contributed by atoms with Crippen LogP contribution in [0.5, 0.6) is 17.2 Å². The van der Waals surface area contributed by atoms with E-state index in [0.29, 0.717) is 22.9 Å². The molecule has 0 bridgehead atoms. The van der Waals surface area contributed by atoms with Crippen LogP contribution in [0.2, 0.25) is 0 Å². The Hall–Kier alpha value is -2.40. The third-order valence-corrected chi connectivity index (χ3v) is 3.07. The Bertz CT molecular complexity index is 597. The molecule has 104 valence electrons. The van der Waals surface area contributed by atoms with Crippen LogP contribution in [-0.4, -0.2) is 18.5 Å². The Labute approximate surface area is 116 Å².